The van der Waals surface area contributed by atoms with Crippen molar-refractivity contribution in [1.82, 2.24) is 3.97 Å². The number of aromatic nitrogens is 1. The first-order valence-corrected chi connectivity index (χ1v) is 7.39. The maximum Gasteiger partial charge on any atom is 0.268 e. The highest BCUT2D eigenvalue weighted by molar-refractivity contribution is 7.90. The van der Waals surface area contributed by atoms with Crippen molar-refractivity contribution in [3.63, 3.8) is 0 Å². The molecule has 1 heterocycles. The second-order valence-corrected chi connectivity index (χ2v) is 6.09. The van der Waals surface area contributed by atoms with Crippen molar-refractivity contribution < 1.29 is 8.42 Å². The Hall–Kier alpha value is -2.58. The van der Waals surface area contributed by atoms with Gasteiger partial charge in [0.25, 0.3) is 10.0 Å². The number of fused-ring (bicyclic) bond motifs is 1. The van der Waals surface area contributed by atoms with Gasteiger partial charge in [0.15, 0.2) is 0 Å². The molecule has 98 valence electrons. The van der Waals surface area contributed by atoms with Gasteiger partial charge in [-0.15, -0.1) is 0 Å². The van der Waals surface area contributed by atoms with Crippen LogP contribution in [-0.4, -0.2) is 12.4 Å². The lowest BCUT2D eigenvalue weighted by atomic mass is 10.1. The van der Waals surface area contributed by atoms with Crippen molar-refractivity contribution >= 4 is 20.9 Å². The van der Waals surface area contributed by atoms with Crippen LogP contribution in [0.1, 0.15) is 5.56 Å². The summed E-state index contributed by atoms with van der Waals surface area (Å²) in [6.45, 7) is 0. The molecule has 0 unspecified atom stereocenters. The molecule has 5 heteroatoms. The van der Waals surface area contributed by atoms with E-state index < -0.39 is 10.0 Å². The van der Waals surface area contributed by atoms with Gasteiger partial charge in [0.1, 0.15) is 0 Å². The molecule has 4 nitrogen and oxygen atoms in total. The third-order valence-corrected chi connectivity index (χ3v) is 4.82. The van der Waals surface area contributed by atoms with E-state index in [1.54, 1.807) is 54.6 Å². The normalized spacial score (nSPS) is 11.3. The van der Waals surface area contributed by atoms with Crippen molar-refractivity contribution in [1.29, 1.82) is 5.26 Å². The van der Waals surface area contributed by atoms with Gasteiger partial charge in [-0.1, -0.05) is 24.3 Å². The highest BCUT2D eigenvalue weighted by Crippen LogP contribution is 2.24. The molecular formula is C15H10N2O2S. The van der Waals surface area contributed by atoms with Gasteiger partial charge in [0, 0.05) is 11.6 Å². The predicted octanol–water partition coefficient (Wildman–Crippen LogP) is 2.75. The summed E-state index contributed by atoms with van der Waals surface area (Å²) in [6.07, 6.45) is 1.48. The summed E-state index contributed by atoms with van der Waals surface area (Å²) >= 11 is 0. The Bertz CT molecular complexity index is 919. The van der Waals surface area contributed by atoms with Gasteiger partial charge < -0.3 is 0 Å². The van der Waals surface area contributed by atoms with Crippen LogP contribution in [0.25, 0.3) is 10.9 Å². The lowest BCUT2D eigenvalue weighted by molar-refractivity contribution is 0.589. The average Bonchev–Trinajstić information content (AvgIpc) is 2.92. The quantitative estimate of drug-likeness (QED) is 0.726. The molecule has 3 aromatic rings. The first kappa shape index (κ1) is 12.5. The largest absolute Gasteiger partial charge is 0.268 e. The minimum absolute atomic E-state index is 0.222. The van der Waals surface area contributed by atoms with Crippen molar-refractivity contribution in [3.05, 3.63) is 66.4 Å². The first-order chi connectivity index (χ1) is 9.64. The minimum Gasteiger partial charge on any atom is -0.241 e. The Kier molecular flexibility index (Phi) is 2.81. The molecule has 3 rings (SSSR count). The van der Waals surface area contributed by atoms with Gasteiger partial charge >= 0.3 is 0 Å². The van der Waals surface area contributed by atoms with E-state index in [4.69, 9.17) is 5.26 Å². The summed E-state index contributed by atoms with van der Waals surface area (Å²) in [4.78, 5) is 0.222. The van der Waals surface area contributed by atoms with Crippen LogP contribution < -0.4 is 0 Å². The molecule has 0 amide bonds. The monoisotopic (exact) mass is 282 g/mol. The van der Waals surface area contributed by atoms with E-state index in [0.717, 1.165) is 0 Å². The van der Waals surface area contributed by atoms with Gasteiger partial charge in [-0.3, -0.25) is 0 Å². The van der Waals surface area contributed by atoms with Gasteiger partial charge in [0.05, 0.1) is 22.0 Å². The number of benzene rings is 2. The number of nitrogens with zero attached hydrogens (tertiary/aromatic N) is 2. The van der Waals surface area contributed by atoms with Crippen molar-refractivity contribution in [2.45, 2.75) is 4.90 Å². The maximum absolute atomic E-state index is 12.6. The predicted molar refractivity (Wildman–Crippen MR) is 75.7 cm³/mol. The Morgan fingerprint density at radius 1 is 0.950 bits per heavy atom. The SMILES string of the molecule is N#Cc1cccc2c1ccn2S(=O)(=O)c1ccccc1. The molecule has 0 aliphatic carbocycles. The second-order valence-electron chi connectivity index (χ2n) is 4.28. The fourth-order valence-corrected chi connectivity index (χ4v) is 3.52. The Labute approximate surface area is 116 Å². The van der Waals surface area contributed by atoms with E-state index in [1.165, 1.54) is 10.2 Å². The van der Waals surface area contributed by atoms with E-state index in [-0.39, 0.29) is 4.90 Å². The molecule has 0 aliphatic rings. The summed E-state index contributed by atoms with van der Waals surface area (Å²) in [5.74, 6) is 0. The summed E-state index contributed by atoms with van der Waals surface area (Å²) in [5.41, 5.74) is 0.970. The van der Waals surface area contributed by atoms with Crippen LogP contribution >= 0.6 is 0 Å². The van der Waals surface area contributed by atoms with E-state index in [1.807, 2.05) is 0 Å². The minimum atomic E-state index is -3.64. The zero-order valence-corrected chi connectivity index (χ0v) is 11.2. The van der Waals surface area contributed by atoms with Gasteiger partial charge in [0.2, 0.25) is 0 Å². The molecule has 2 aromatic carbocycles. The highest BCUT2D eigenvalue weighted by atomic mass is 32.2. The molecule has 0 spiro atoms. The maximum atomic E-state index is 12.6. The smallest absolute Gasteiger partial charge is 0.241 e. The lowest BCUT2D eigenvalue weighted by Gasteiger charge is -2.07. The summed E-state index contributed by atoms with van der Waals surface area (Å²) < 4.78 is 26.4. The molecule has 0 radical (unpaired) electrons. The van der Waals surface area contributed by atoms with E-state index in [0.29, 0.717) is 16.5 Å². The van der Waals surface area contributed by atoms with Crippen LogP contribution in [0.2, 0.25) is 0 Å². The van der Waals surface area contributed by atoms with Crippen LogP contribution in [0.3, 0.4) is 0 Å². The standard InChI is InChI=1S/C15H10N2O2S/c16-11-12-5-4-8-15-14(12)9-10-17(15)20(18,19)13-6-2-1-3-7-13/h1-10H. The van der Waals surface area contributed by atoms with Crippen LogP contribution in [0.15, 0.2) is 65.7 Å². The third-order valence-electron chi connectivity index (χ3n) is 3.12. The fourth-order valence-electron chi connectivity index (χ4n) is 2.16. The van der Waals surface area contributed by atoms with E-state index in [2.05, 4.69) is 6.07 Å². The topological polar surface area (TPSA) is 62.9 Å². The molecule has 0 bridgehead atoms. The Morgan fingerprint density at radius 2 is 1.70 bits per heavy atom. The number of hydrogen-bond acceptors (Lipinski definition) is 3. The summed E-state index contributed by atoms with van der Waals surface area (Å²) in [6, 6.07) is 17.0. The Morgan fingerprint density at radius 3 is 2.40 bits per heavy atom. The van der Waals surface area contributed by atoms with E-state index in [9.17, 15) is 8.42 Å². The van der Waals surface area contributed by atoms with E-state index >= 15 is 0 Å². The molecule has 20 heavy (non-hydrogen) atoms. The third kappa shape index (κ3) is 1.78. The van der Waals surface area contributed by atoms with Crippen molar-refractivity contribution in [3.8, 4) is 6.07 Å². The molecule has 0 N–H and O–H groups in total. The molecule has 0 atom stereocenters. The second kappa shape index (κ2) is 4.51. The first-order valence-electron chi connectivity index (χ1n) is 5.95. The van der Waals surface area contributed by atoms with Crippen molar-refractivity contribution in [2.24, 2.45) is 0 Å². The van der Waals surface area contributed by atoms with Gasteiger partial charge in [-0.25, -0.2) is 12.4 Å². The van der Waals surface area contributed by atoms with Crippen LogP contribution in [-0.2, 0) is 10.0 Å². The van der Waals surface area contributed by atoms with Gasteiger partial charge in [-0.05, 0) is 30.3 Å². The van der Waals surface area contributed by atoms with Crippen LogP contribution in [0, 0.1) is 11.3 Å². The number of hydrogen-bond donors (Lipinski definition) is 0. The van der Waals surface area contributed by atoms with Crippen molar-refractivity contribution in [2.75, 3.05) is 0 Å². The molecule has 0 saturated heterocycles. The average molecular weight is 282 g/mol. The van der Waals surface area contributed by atoms with Crippen LogP contribution in [0.5, 0.6) is 0 Å². The zero-order valence-electron chi connectivity index (χ0n) is 10.4. The zero-order chi connectivity index (χ0) is 14.2. The Balaban J connectivity index is 2.29. The number of rotatable bonds is 2. The summed E-state index contributed by atoms with van der Waals surface area (Å²) in [7, 11) is -3.64. The molecule has 1 aromatic heterocycles. The molecular weight excluding hydrogens is 272 g/mol. The van der Waals surface area contributed by atoms with Crippen LogP contribution in [0.4, 0.5) is 0 Å². The highest BCUT2D eigenvalue weighted by Gasteiger charge is 2.18. The summed E-state index contributed by atoms with van der Waals surface area (Å²) in [5, 5.41) is 9.69. The number of nitriles is 1. The molecule has 0 saturated carbocycles. The molecule has 0 fully saturated rings. The fraction of sp³-hybridized carbons (Fsp3) is 0. The lowest BCUT2D eigenvalue weighted by Crippen LogP contribution is -2.11. The van der Waals surface area contributed by atoms with Gasteiger partial charge in [-0.2, -0.15) is 5.26 Å². The molecule has 0 aliphatic heterocycles.